The van der Waals surface area contributed by atoms with Crippen LogP contribution in [0.4, 0.5) is 4.39 Å². The van der Waals surface area contributed by atoms with Crippen LogP contribution in [0.5, 0.6) is 0 Å². The Bertz CT molecular complexity index is 462. The van der Waals surface area contributed by atoms with Crippen molar-refractivity contribution >= 4 is 5.91 Å². The van der Waals surface area contributed by atoms with Crippen molar-refractivity contribution in [1.82, 2.24) is 19.8 Å². The molecule has 0 N–H and O–H groups in total. The van der Waals surface area contributed by atoms with E-state index in [1.807, 2.05) is 0 Å². The Morgan fingerprint density at radius 2 is 2.00 bits per heavy atom. The zero-order valence-corrected chi connectivity index (χ0v) is 11.4. The molecule has 2 aliphatic rings. The molecule has 1 amide bonds. The zero-order valence-electron chi connectivity index (χ0n) is 11.4. The highest BCUT2D eigenvalue weighted by Gasteiger charge is 2.34. The van der Waals surface area contributed by atoms with E-state index in [9.17, 15) is 9.18 Å². The first-order chi connectivity index (χ1) is 9.75. The Kier molecular flexibility index (Phi) is 3.91. The second kappa shape index (κ2) is 5.83. The summed E-state index contributed by atoms with van der Waals surface area (Å²) in [6.07, 6.45) is 6.47. The lowest BCUT2D eigenvalue weighted by Gasteiger charge is -2.38. The molecular weight excluding hydrogens is 259 g/mol. The van der Waals surface area contributed by atoms with Crippen molar-refractivity contribution in [3.8, 4) is 0 Å². The molecule has 0 bridgehead atoms. The summed E-state index contributed by atoms with van der Waals surface area (Å²) in [7, 11) is 0. The van der Waals surface area contributed by atoms with Crippen molar-refractivity contribution in [1.29, 1.82) is 0 Å². The molecule has 0 spiro atoms. The molecule has 6 heteroatoms. The summed E-state index contributed by atoms with van der Waals surface area (Å²) < 4.78 is 13.8. The van der Waals surface area contributed by atoms with Gasteiger partial charge in [-0.25, -0.2) is 9.37 Å². The van der Waals surface area contributed by atoms with Crippen LogP contribution in [0.15, 0.2) is 18.6 Å². The number of aromatic nitrogens is 2. The first-order valence-electron chi connectivity index (χ1n) is 7.19. The Balaban J connectivity index is 1.57. The number of hydrogen-bond acceptors (Lipinski definition) is 4. The number of alkyl halides is 1. The maximum Gasteiger partial charge on any atom is 0.274 e. The van der Waals surface area contributed by atoms with E-state index in [4.69, 9.17) is 0 Å². The first kappa shape index (κ1) is 13.4. The summed E-state index contributed by atoms with van der Waals surface area (Å²) in [5.41, 5.74) is 0.380. The number of halogens is 1. The van der Waals surface area contributed by atoms with Crippen molar-refractivity contribution in [2.75, 3.05) is 26.2 Å². The summed E-state index contributed by atoms with van der Waals surface area (Å²) in [5.74, 6) is -0.0824. The highest BCUT2D eigenvalue weighted by molar-refractivity contribution is 5.92. The topological polar surface area (TPSA) is 49.3 Å². The fraction of sp³-hybridized carbons (Fsp3) is 0.643. The van der Waals surface area contributed by atoms with Gasteiger partial charge in [0.05, 0.1) is 6.20 Å². The molecular formula is C14H19FN4O. The van der Waals surface area contributed by atoms with Crippen molar-refractivity contribution in [2.45, 2.75) is 31.5 Å². The average molecular weight is 278 g/mol. The number of rotatable bonds is 2. The number of carbonyl (C=O) groups excluding carboxylic acids is 1. The van der Waals surface area contributed by atoms with Gasteiger partial charge in [-0.1, -0.05) is 0 Å². The van der Waals surface area contributed by atoms with Gasteiger partial charge in [-0.3, -0.25) is 14.7 Å². The van der Waals surface area contributed by atoms with Gasteiger partial charge in [0.15, 0.2) is 0 Å². The number of amides is 1. The third kappa shape index (κ3) is 2.65. The van der Waals surface area contributed by atoms with Gasteiger partial charge in [-0.15, -0.1) is 0 Å². The third-order valence-electron chi connectivity index (χ3n) is 4.25. The lowest BCUT2D eigenvalue weighted by atomic mass is 10.1. The molecule has 3 rings (SSSR count). The van der Waals surface area contributed by atoms with Gasteiger partial charge in [0.25, 0.3) is 5.91 Å². The molecule has 0 aromatic carbocycles. The van der Waals surface area contributed by atoms with Gasteiger partial charge in [-0.2, -0.15) is 0 Å². The van der Waals surface area contributed by atoms with E-state index in [1.54, 1.807) is 11.1 Å². The molecule has 2 atom stereocenters. The summed E-state index contributed by atoms with van der Waals surface area (Å²) >= 11 is 0. The first-order valence-corrected chi connectivity index (χ1v) is 7.19. The molecule has 1 aromatic heterocycles. The van der Waals surface area contributed by atoms with Crippen molar-refractivity contribution < 1.29 is 9.18 Å². The molecule has 108 valence electrons. The second-order valence-electron chi connectivity index (χ2n) is 5.43. The maximum absolute atomic E-state index is 13.8. The smallest absolute Gasteiger partial charge is 0.274 e. The Labute approximate surface area is 117 Å². The molecule has 1 saturated carbocycles. The largest absolute Gasteiger partial charge is 0.335 e. The number of piperazine rings is 1. The minimum Gasteiger partial charge on any atom is -0.335 e. The molecule has 2 fully saturated rings. The van der Waals surface area contributed by atoms with E-state index in [1.165, 1.54) is 12.4 Å². The van der Waals surface area contributed by atoms with Crippen LogP contribution in [0.25, 0.3) is 0 Å². The minimum absolute atomic E-state index is 0.0590. The van der Waals surface area contributed by atoms with Crippen LogP contribution in [-0.4, -0.2) is 64.1 Å². The van der Waals surface area contributed by atoms with Crippen molar-refractivity contribution in [3.63, 3.8) is 0 Å². The fourth-order valence-corrected chi connectivity index (χ4v) is 3.13. The summed E-state index contributed by atoms with van der Waals surface area (Å²) in [6.45, 7) is 2.77. The molecule has 5 nitrogen and oxygen atoms in total. The lowest BCUT2D eigenvalue weighted by Crippen LogP contribution is -2.53. The van der Waals surface area contributed by atoms with Crippen LogP contribution < -0.4 is 0 Å². The Hall–Kier alpha value is -1.56. The molecule has 1 aromatic rings. The van der Waals surface area contributed by atoms with Gasteiger partial charge in [0.2, 0.25) is 0 Å². The van der Waals surface area contributed by atoms with Crippen LogP contribution in [0.3, 0.4) is 0 Å². The number of nitrogens with zero attached hydrogens (tertiary/aromatic N) is 4. The molecule has 0 unspecified atom stereocenters. The van der Waals surface area contributed by atoms with Gasteiger partial charge in [-0.05, 0) is 19.3 Å². The Morgan fingerprint density at radius 1 is 1.20 bits per heavy atom. The van der Waals surface area contributed by atoms with E-state index in [2.05, 4.69) is 14.9 Å². The summed E-state index contributed by atoms with van der Waals surface area (Å²) in [4.78, 5) is 24.1. The van der Waals surface area contributed by atoms with E-state index >= 15 is 0 Å². The van der Waals surface area contributed by atoms with Crippen LogP contribution >= 0.6 is 0 Å². The molecule has 20 heavy (non-hydrogen) atoms. The molecule has 1 aliphatic heterocycles. The van der Waals surface area contributed by atoms with E-state index in [0.29, 0.717) is 25.2 Å². The molecule has 1 saturated heterocycles. The normalized spacial score (nSPS) is 27.8. The SMILES string of the molecule is O=C(c1cnccn1)N1CCN([C@@H]2CCC[C@H]2F)CC1. The van der Waals surface area contributed by atoms with Crippen molar-refractivity contribution in [3.05, 3.63) is 24.3 Å². The van der Waals surface area contributed by atoms with Crippen LogP contribution in [0.1, 0.15) is 29.8 Å². The zero-order chi connectivity index (χ0) is 13.9. The average Bonchev–Trinajstić information content (AvgIpc) is 2.94. The van der Waals surface area contributed by atoms with Crippen LogP contribution in [-0.2, 0) is 0 Å². The fourth-order valence-electron chi connectivity index (χ4n) is 3.13. The third-order valence-corrected chi connectivity index (χ3v) is 4.25. The number of carbonyl (C=O) groups is 1. The van der Waals surface area contributed by atoms with Crippen LogP contribution in [0, 0.1) is 0 Å². The minimum atomic E-state index is -0.697. The lowest BCUT2D eigenvalue weighted by molar-refractivity contribution is 0.0483. The second-order valence-corrected chi connectivity index (χ2v) is 5.43. The standard InChI is InChI=1S/C14H19FN4O/c15-11-2-1-3-13(11)18-6-8-19(9-7-18)14(20)12-10-16-4-5-17-12/h4-5,10-11,13H,1-3,6-9H2/t11-,13-/m1/s1. The van der Waals surface area contributed by atoms with Gasteiger partial charge in [0, 0.05) is 44.6 Å². The molecule has 2 heterocycles. The number of hydrogen-bond donors (Lipinski definition) is 0. The van der Waals surface area contributed by atoms with Gasteiger partial charge < -0.3 is 4.90 Å². The van der Waals surface area contributed by atoms with Gasteiger partial charge in [0.1, 0.15) is 11.9 Å². The predicted octanol–water partition coefficient (Wildman–Crippen LogP) is 1.12. The highest BCUT2D eigenvalue weighted by atomic mass is 19.1. The van der Waals surface area contributed by atoms with Crippen molar-refractivity contribution in [2.24, 2.45) is 0 Å². The highest BCUT2D eigenvalue weighted by Crippen LogP contribution is 2.27. The predicted molar refractivity (Wildman–Crippen MR) is 72.0 cm³/mol. The van der Waals surface area contributed by atoms with E-state index in [0.717, 1.165) is 25.9 Å². The molecule has 1 aliphatic carbocycles. The van der Waals surface area contributed by atoms with E-state index < -0.39 is 6.17 Å². The monoisotopic (exact) mass is 278 g/mol. The van der Waals surface area contributed by atoms with Gasteiger partial charge >= 0.3 is 0 Å². The quantitative estimate of drug-likeness (QED) is 0.813. The Morgan fingerprint density at radius 3 is 2.60 bits per heavy atom. The van der Waals surface area contributed by atoms with Crippen LogP contribution in [0.2, 0.25) is 0 Å². The summed E-state index contributed by atoms with van der Waals surface area (Å²) in [5, 5.41) is 0. The molecule has 0 radical (unpaired) electrons. The van der Waals surface area contributed by atoms with E-state index in [-0.39, 0.29) is 11.9 Å². The summed E-state index contributed by atoms with van der Waals surface area (Å²) in [6, 6.07) is 0.0590. The maximum atomic E-state index is 13.8.